The van der Waals surface area contributed by atoms with Crippen LogP contribution in [0.25, 0.3) is 0 Å². The van der Waals surface area contributed by atoms with Gasteiger partial charge in [-0.2, -0.15) is 0 Å². The van der Waals surface area contributed by atoms with Gasteiger partial charge in [-0.3, -0.25) is 4.21 Å². The second-order valence-electron chi connectivity index (χ2n) is 4.62. The Kier molecular flexibility index (Phi) is 5.68. The topological polar surface area (TPSA) is 29.1 Å². The lowest BCUT2D eigenvalue weighted by atomic mass is 10.2. The summed E-state index contributed by atoms with van der Waals surface area (Å²) < 4.78 is 11.3. The van der Waals surface area contributed by atoms with Crippen molar-refractivity contribution in [3.63, 3.8) is 0 Å². The van der Waals surface area contributed by atoms with Crippen LogP contribution in [0.15, 0.2) is 53.4 Å². The zero-order valence-corrected chi connectivity index (χ0v) is 13.4. The monoisotopic (exact) mass is 305 g/mol. The van der Waals surface area contributed by atoms with Gasteiger partial charge < -0.3 is 5.32 Å². The van der Waals surface area contributed by atoms with Crippen LogP contribution in [0.2, 0.25) is 0 Å². The van der Waals surface area contributed by atoms with E-state index in [0.717, 1.165) is 17.8 Å². The fourth-order valence-corrected chi connectivity index (χ4v) is 3.01. The molecule has 0 spiro atoms. The van der Waals surface area contributed by atoms with Gasteiger partial charge in [0.1, 0.15) is 0 Å². The molecule has 0 saturated carbocycles. The van der Waals surface area contributed by atoms with Gasteiger partial charge in [0.2, 0.25) is 0 Å². The highest BCUT2D eigenvalue weighted by Crippen LogP contribution is 2.17. The Morgan fingerprint density at radius 3 is 2.50 bits per heavy atom. The number of thioether (sulfide) groups is 1. The van der Waals surface area contributed by atoms with Crippen LogP contribution in [0.3, 0.4) is 0 Å². The summed E-state index contributed by atoms with van der Waals surface area (Å²) in [6, 6.07) is 16.7. The first-order valence-electron chi connectivity index (χ1n) is 6.43. The van der Waals surface area contributed by atoms with Crippen LogP contribution in [-0.4, -0.2) is 16.7 Å². The molecule has 0 saturated heterocycles. The first kappa shape index (κ1) is 15.1. The predicted molar refractivity (Wildman–Crippen MR) is 89.8 cm³/mol. The molecule has 0 amide bonds. The van der Waals surface area contributed by atoms with Crippen LogP contribution < -0.4 is 5.32 Å². The average Bonchev–Trinajstić information content (AvgIpc) is 2.45. The van der Waals surface area contributed by atoms with Gasteiger partial charge in [0, 0.05) is 39.9 Å². The third-order valence-electron chi connectivity index (χ3n) is 2.95. The number of rotatable bonds is 6. The van der Waals surface area contributed by atoms with Gasteiger partial charge in [0.05, 0.1) is 0 Å². The van der Waals surface area contributed by atoms with E-state index in [9.17, 15) is 4.21 Å². The molecule has 0 aromatic heterocycles. The Morgan fingerprint density at radius 2 is 1.85 bits per heavy atom. The van der Waals surface area contributed by atoms with Crippen molar-refractivity contribution in [3.05, 3.63) is 59.7 Å². The quantitative estimate of drug-likeness (QED) is 0.821. The number of anilines is 1. The van der Waals surface area contributed by atoms with Crippen LogP contribution in [0.5, 0.6) is 0 Å². The van der Waals surface area contributed by atoms with Crippen molar-refractivity contribution >= 4 is 28.2 Å². The summed E-state index contributed by atoms with van der Waals surface area (Å²) in [7, 11) is -0.799. The number of hydrogen-bond donors (Lipinski definition) is 1. The van der Waals surface area contributed by atoms with E-state index >= 15 is 0 Å². The molecule has 106 valence electrons. The summed E-state index contributed by atoms with van der Waals surface area (Å²) in [4.78, 5) is 1.28. The zero-order valence-electron chi connectivity index (χ0n) is 11.8. The van der Waals surface area contributed by atoms with Crippen molar-refractivity contribution in [2.45, 2.75) is 17.2 Å². The summed E-state index contributed by atoms with van der Waals surface area (Å²) >= 11 is 1.75. The molecule has 2 aromatic carbocycles. The summed E-state index contributed by atoms with van der Waals surface area (Å²) in [6.07, 6.45) is 3.81. The van der Waals surface area contributed by atoms with E-state index in [-0.39, 0.29) is 0 Å². The fourth-order valence-electron chi connectivity index (χ4n) is 1.95. The van der Waals surface area contributed by atoms with E-state index in [2.05, 4.69) is 41.9 Å². The van der Waals surface area contributed by atoms with Gasteiger partial charge in [0.25, 0.3) is 0 Å². The minimum atomic E-state index is -0.799. The van der Waals surface area contributed by atoms with Crippen molar-refractivity contribution in [2.75, 3.05) is 17.8 Å². The minimum Gasteiger partial charge on any atom is -0.381 e. The van der Waals surface area contributed by atoms with Gasteiger partial charge in [-0.15, -0.1) is 11.8 Å². The third-order valence-corrected chi connectivity index (χ3v) is 4.44. The second kappa shape index (κ2) is 7.50. The third kappa shape index (κ3) is 4.69. The summed E-state index contributed by atoms with van der Waals surface area (Å²) in [5.74, 6) is 0.609. The first-order chi connectivity index (χ1) is 9.67. The zero-order chi connectivity index (χ0) is 14.4. The maximum atomic E-state index is 11.3. The molecule has 0 radical (unpaired) electrons. The van der Waals surface area contributed by atoms with Crippen LogP contribution in [0.1, 0.15) is 11.1 Å². The molecule has 0 aliphatic carbocycles. The maximum absolute atomic E-state index is 11.3. The maximum Gasteiger partial charge on any atom is 0.0483 e. The standard InChI is InChI=1S/C16H19NOS2/c1-19-16-8-6-13(7-9-16)11-17-15-5-3-4-14(10-15)12-20(2)18/h3-10,17H,11-12H2,1-2H3. The number of nitrogens with one attached hydrogen (secondary N) is 1. The molecule has 2 aromatic rings. The molecular weight excluding hydrogens is 286 g/mol. The summed E-state index contributed by atoms with van der Waals surface area (Å²) in [5, 5.41) is 3.41. The van der Waals surface area contributed by atoms with Gasteiger partial charge in [-0.05, 0) is 41.6 Å². The Labute approximate surface area is 127 Å². The van der Waals surface area contributed by atoms with Gasteiger partial charge >= 0.3 is 0 Å². The van der Waals surface area contributed by atoms with E-state index in [4.69, 9.17) is 0 Å². The van der Waals surface area contributed by atoms with E-state index < -0.39 is 10.8 Å². The van der Waals surface area contributed by atoms with Crippen LogP contribution in [0.4, 0.5) is 5.69 Å². The molecular formula is C16H19NOS2. The van der Waals surface area contributed by atoms with E-state index in [1.165, 1.54) is 10.5 Å². The normalized spacial score (nSPS) is 12.1. The Morgan fingerprint density at radius 1 is 1.10 bits per heavy atom. The van der Waals surface area contributed by atoms with Gasteiger partial charge in [0.15, 0.2) is 0 Å². The average molecular weight is 305 g/mol. The molecule has 1 N–H and O–H groups in total. The molecule has 4 heteroatoms. The van der Waals surface area contributed by atoms with E-state index in [1.807, 2.05) is 18.2 Å². The van der Waals surface area contributed by atoms with Crippen molar-refractivity contribution in [3.8, 4) is 0 Å². The Balaban J connectivity index is 1.97. The van der Waals surface area contributed by atoms with Gasteiger partial charge in [-0.25, -0.2) is 0 Å². The van der Waals surface area contributed by atoms with Crippen LogP contribution in [0, 0.1) is 0 Å². The van der Waals surface area contributed by atoms with Crippen LogP contribution in [-0.2, 0) is 23.1 Å². The molecule has 2 nitrogen and oxygen atoms in total. The number of benzene rings is 2. The fraction of sp³-hybridized carbons (Fsp3) is 0.250. The summed E-state index contributed by atoms with van der Waals surface area (Å²) in [6.45, 7) is 0.799. The molecule has 1 unspecified atom stereocenters. The van der Waals surface area contributed by atoms with E-state index in [1.54, 1.807) is 18.0 Å². The molecule has 0 aliphatic heterocycles. The lowest BCUT2D eigenvalue weighted by Crippen LogP contribution is -2.00. The van der Waals surface area contributed by atoms with Crippen molar-refractivity contribution in [1.29, 1.82) is 0 Å². The Hall–Kier alpha value is -1.26. The summed E-state index contributed by atoms with van der Waals surface area (Å²) in [5.41, 5.74) is 3.43. The molecule has 20 heavy (non-hydrogen) atoms. The van der Waals surface area contributed by atoms with Crippen molar-refractivity contribution < 1.29 is 4.21 Å². The molecule has 0 bridgehead atoms. The van der Waals surface area contributed by atoms with Crippen LogP contribution >= 0.6 is 11.8 Å². The smallest absolute Gasteiger partial charge is 0.0483 e. The van der Waals surface area contributed by atoms with E-state index in [0.29, 0.717) is 5.75 Å². The largest absolute Gasteiger partial charge is 0.381 e. The SMILES string of the molecule is CSc1ccc(CNc2cccc(CS(C)=O)c2)cc1. The Bertz CT molecular complexity index is 581. The second-order valence-corrected chi connectivity index (χ2v) is 6.93. The molecule has 0 heterocycles. The predicted octanol–water partition coefficient (Wildman–Crippen LogP) is 3.90. The lowest BCUT2D eigenvalue weighted by molar-refractivity contribution is 0.686. The molecule has 1 atom stereocenters. The lowest BCUT2D eigenvalue weighted by Gasteiger charge is -2.08. The van der Waals surface area contributed by atoms with Gasteiger partial charge in [-0.1, -0.05) is 24.3 Å². The number of hydrogen-bond acceptors (Lipinski definition) is 3. The highest BCUT2D eigenvalue weighted by atomic mass is 32.2. The highest BCUT2D eigenvalue weighted by molar-refractivity contribution is 7.98. The molecule has 2 rings (SSSR count). The minimum absolute atomic E-state index is 0.609. The molecule has 0 fully saturated rings. The highest BCUT2D eigenvalue weighted by Gasteiger charge is 1.99. The molecule has 0 aliphatic rings. The van der Waals surface area contributed by atoms with Crippen molar-refractivity contribution in [2.24, 2.45) is 0 Å². The first-order valence-corrected chi connectivity index (χ1v) is 9.38. The van der Waals surface area contributed by atoms with Crippen molar-refractivity contribution in [1.82, 2.24) is 0 Å².